The normalized spacial score (nSPS) is 11.8. The van der Waals surface area contributed by atoms with Crippen molar-refractivity contribution in [3.63, 3.8) is 0 Å². The summed E-state index contributed by atoms with van der Waals surface area (Å²) in [6.07, 6.45) is 1.90. The summed E-state index contributed by atoms with van der Waals surface area (Å²) in [6, 6.07) is 4.07. The number of hydrogen-bond donors (Lipinski definition) is 2. The molecular formula is C14H19N3O. The van der Waals surface area contributed by atoms with Crippen molar-refractivity contribution in [3.8, 4) is 0 Å². The van der Waals surface area contributed by atoms with E-state index in [0.29, 0.717) is 6.54 Å². The number of hydrogen-bond acceptors (Lipinski definition) is 2. The molecule has 18 heavy (non-hydrogen) atoms. The van der Waals surface area contributed by atoms with Crippen molar-refractivity contribution in [1.82, 2.24) is 15.3 Å². The molecule has 4 heteroatoms. The third-order valence-corrected chi connectivity index (χ3v) is 2.90. The SMILES string of the molecule is CC(=O)NCc1nc(C(C)(C)C)cc2[nH]ccc12. The number of carbonyl (C=O) groups excluding carboxylic acids is 1. The number of aromatic amines is 1. The summed E-state index contributed by atoms with van der Waals surface area (Å²) in [6.45, 7) is 8.38. The number of nitrogens with one attached hydrogen (secondary N) is 2. The molecule has 0 aliphatic heterocycles. The number of pyridine rings is 1. The average Bonchev–Trinajstić information content (AvgIpc) is 2.72. The van der Waals surface area contributed by atoms with Crippen LogP contribution in [-0.4, -0.2) is 15.9 Å². The number of carbonyl (C=O) groups is 1. The van der Waals surface area contributed by atoms with Crippen LogP contribution in [0.2, 0.25) is 0 Å². The zero-order valence-corrected chi connectivity index (χ0v) is 11.3. The van der Waals surface area contributed by atoms with Crippen molar-refractivity contribution in [1.29, 1.82) is 0 Å². The van der Waals surface area contributed by atoms with Crippen LogP contribution >= 0.6 is 0 Å². The second-order valence-corrected chi connectivity index (χ2v) is 5.55. The lowest BCUT2D eigenvalue weighted by atomic mass is 9.91. The van der Waals surface area contributed by atoms with Crippen LogP contribution in [0.25, 0.3) is 10.9 Å². The van der Waals surface area contributed by atoms with E-state index in [2.05, 4.69) is 42.1 Å². The van der Waals surface area contributed by atoms with Gasteiger partial charge in [-0.2, -0.15) is 0 Å². The zero-order chi connectivity index (χ0) is 13.3. The molecule has 0 aromatic carbocycles. The Hall–Kier alpha value is -1.84. The van der Waals surface area contributed by atoms with E-state index in [1.165, 1.54) is 6.92 Å². The second-order valence-electron chi connectivity index (χ2n) is 5.55. The van der Waals surface area contributed by atoms with E-state index >= 15 is 0 Å². The van der Waals surface area contributed by atoms with Gasteiger partial charge in [-0.1, -0.05) is 20.8 Å². The molecule has 0 fully saturated rings. The molecule has 0 bridgehead atoms. The maximum atomic E-state index is 11.0. The molecule has 0 atom stereocenters. The molecule has 2 rings (SSSR count). The highest BCUT2D eigenvalue weighted by Gasteiger charge is 2.18. The van der Waals surface area contributed by atoms with Crippen LogP contribution in [0.1, 0.15) is 39.1 Å². The number of amides is 1. The van der Waals surface area contributed by atoms with Gasteiger partial charge in [0.2, 0.25) is 5.91 Å². The van der Waals surface area contributed by atoms with Crippen LogP contribution in [0, 0.1) is 0 Å². The van der Waals surface area contributed by atoms with Crippen LogP contribution in [0.5, 0.6) is 0 Å². The summed E-state index contributed by atoms with van der Waals surface area (Å²) in [4.78, 5) is 18.9. The van der Waals surface area contributed by atoms with Crippen molar-refractivity contribution in [2.75, 3.05) is 0 Å². The largest absolute Gasteiger partial charge is 0.361 e. The fraction of sp³-hybridized carbons (Fsp3) is 0.429. The number of rotatable bonds is 2. The van der Waals surface area contributed by atoms with E-state index < -0.39 is 0 Å². The Morgan fingerprint density at radius 3 is 2.78 bits per heavy atom. The zero-order valence-electron chi connectivity index (χ0n) is 11.3. The number of H-pyrrole nitrogens is 1. The number of fused-ring (bicyclic) bond motifs is 1. The fourth-order valence-electron chi connectivity index (χ4n) is 1.86. The van der Waals surface area contributed by atoms with Crippen molar-refractivity contribution in [3.05, 3.63) is 29.7 Å². The van der Waals surface area contributed by atoms with Gasteiger partial charge in [-0.15, -0.1) is 0 Å². The molecule has 4 nitrogen and oxygen atoms in total. The molecule has 2 aromatic heterocycles. The molecular weight excluding hydrogens is 226 g/mol. The maximum Gasteiger partial charge on any atom is 0.217 e. The Morgan fingerprint density at radius 1 is 1.44 bits per heavy atom. The molecule has 0 saturated carbocycles. The predicted molar refractivity (Wildman–Crippen MR) is 72.3 cm³/mol. The van der Waals surface area contributed by atoms with E-state index in [0.717, 1.165) is 22.3 Å². The maximum absolute atomic E-state index is 11.0. The van der Waals surface area contributed by atoms with Crippen molar-refractivity contribution < 1.29 is 4.79 Å². The Morgan fingerprint density at radius 2 is 2.17 bits per heavy atom. The van der Waals surface area contributed by atoms with E-state index in [-0.39, 0.29) is 11.3 Å². The molecule has 2 aromatic rings. The van der Waals surface area contributed by atoms with Crippen LogP contribution < -0.4 is 5.32 Å². The van der Waals surface area contributed by atoms with Crippen LogP contribution in [0.4, 0.5) is 0 Å². The fourth-order valence-corrected chi connectivity index (χ4v) is 1.86. The molecule has 96 valence electrons. The highest BCUT2D eigenvalue weighted by Crippen LogP contribution is 2.25. The molecule has 0 unspecified atom stereocenters. The lowest BCUT2D eigenvalue weighted by Crippen LogP contribution is -2.21. The lowest BCUT2D eigenvalue weighted by Gasteiger charge is -2.19. The smallest absolute Gasteiger partial charge is 0.217 e. The number of nitrogens with zero attached hydrogens (tertiary/aromatic N) is 1. The van der Waals surface area contributed by atoms with Crippen LogP contribution in [-0.2, 0) is 16.8 Å². The summed E-state index contributed by atoms with van der Waals surface area (Å²) < 4.78 is 0. The first-order valence-electron chi connectivity index (χ1n) is 6.10. The summed E-state index contributed by atoms with van der Waals surface area (Å²) in [7, 11) is 0. The van der Waals surface area contributed by atoms with Gasteiger partial charge < -0.3 is 10.3 Å². The van der Waals surface area contributed by atoms with Gasteiger partial charge in [-0.25, -0.2) is 0 Å². The predicted octanol–water partition coefficient (Wildman–Crippen LogP) is 2.50. The molecule has 1 amide bonds. The summed E-state index contributed by atoms with van der Waals surface area (Å²) >= 11 is 0. The van der Waals surface area contributed by atoms with Gasteiger partial charge in [0.05, 0.1) is 12.2 Å². The first-order chi connectivity index (χ1) is 8.38. The molecule has 0 radical (unpaired) electrons. The molecule has 0 aliphatic rings. The van der Waals surface area contributed by atoms with Crippen molar-refractivity contribution in [2.45, 2.75) is 39.7 Å². The quantitative estimate of drug-likeness (QED) is 0.854. The molecule has 2 N–H and O–H groups in total. The van der Waals surface area contributed by atoms with Crippen LogP contribution in [0.3, 0.4) is 0 Å². The third kappa shape index (κ3) is 2.53. The Labute approximate surface area is 107 Å². The summed E-state index contributed by atoms with van der Waals surface area (Å²) in [5, 5.41) is 3.87. The van der Waals surface area contributed by atoms with Gasteiger partial charge in [0, 0.05) is 35.1 Å². The van der Waals surface area contributed by atoms with Crippen molar-refractivity contribution >= 4 is 16.8 Å². The van der Waals surface area contributed by atoms with Gasteiger partial charge in [0.1, 0.15) is 0 Å². The monoisotopic (exact) mass is 245 g/mol. The molecule has 2 heterocycles. The Bertz CT molecular complexity index is 578. The third-order valence-electron chi connectivity index (χ3n) is 2.90. The highest BCUT2D eigenvalue weighted by molar-refractivity contribution is 5.82. The standard InChI is InChI=1S/C14H19N3O/c1-9(18)16-8-12-10-5-6-15-11(10)7-13(17-12)14(2,3)4/h5-7,15H,8H2,1-4H3,(H,16,18). The minimum atomic E-state index is -0.0401. The van der Waals surface area contributed by atoms with E-state index in [9.17, 15) is 4.79 Å². The van der Waals surface area contributed by atoms with Crippen molar-refractivity contribution in [2.24, 2.45) is 0 Å². The van der Waals surface area contributed by atoms with Gasteiger partial charge in [0.15, 0.2) is 0 Å². The molecule has 0 saturated heterocycles. The first-order valence-corrected chi connectivity index (χ1v) is 6.10. The first kappa shape index (κ1) is 12.6. The van der Waals surface area contributed by atoms with Gasteiger partial charge in [-0.3, -0.25) is 9.78 Å². The summed E-state index contributed by atoms with van der Waals surface area (Å²) in [5.74, 6) is -0.0401. The minimum Gasteiger partial charge on any atom is -0.361 e. The highest BCUT2D eigenvalue weighted by atomic mass is 16.1. The van der Waals surface area contributed by atoms with Gasteiger partial charge in [0.25, 0.3) is 0 Å². The minimum absolute atomic E-state index is 0.00965. The van der Waals surface area contributed by atoms with Gasteiger partial charge >= 0.3 is 0 Å². The summed E-state index contributed by atoms with van der Waals surface area (Å²) in [5.41, 5.74) is 2.99. The Kier molecular flexibility index (Phi) is 3.11. The van der Waals surface area contributed by atoms with Gasteiger partial charge in [-0.05, 0) is 12.1 Å². The van der Waals surface area contributed by atoms with E-state index in [1.807, 2.05) is 12.3 Å². The lowest BCUT2D eigenvalue weighted by molar-refractivity contribution is -0.119. The Balaban J connectivity index is 2.48. The topological polar surface area (TPSA) is 57.8 Å². The molecule has 0 aliphatic carbocycles. The second kappa shape index (κ2) is 4.44. The van der Waals surface area contributed by atoms with E-state index in [1.54, 1.807) is 0 Å². The molecule has 0 spiro atoms. The number of aromatic nitrogens is 2. The average molecular weight is 245 g/mol. The van der Waals surface area contributed by atoms with E-state index in [4.69, 9.17) is 0 Å². The van der Waals surface area contributed by atoms with Crippen LogP contribution in [0.15, 0.2) is 18.3 Å².